The minimum atomic E-state index is -0.779. The fourth-order valence-electron chi connectivity index (χ4n) is 1.83. The van der Waals surface area contributed by atoms with Crippen molar-refractivity contribution in [2.24, 2.45) is 11.8 Å². The predicted molar refractivity (Wildman–Crippen MR) is 70.8 cm³/mol. The monoisotopic (exact) mass is 275 g/mol. The number of hydrogen-bond acceptors (Lipinski definition) is 4. The molecule has 0 bridgehead atoms. The van der Waals surface area contributed by atoms with Gasteiger partial charge < -0.3 is 15.2 Å². The van der Waals surface area contributed by atoms with Crippen LogP contribution in [-0.4, -0.2) is 40.8 Å². The molecule has 5 nitrogen and oxygen atoms in total. The molecule has 1 amide bonds. The van der Waals surface area contributed by atoms with Gasteiger partial charge in [-0.25, -0.2) is 4.79 Å². The minimum Gasteiger partial charge on any atom is -0.481 e. The molecule has 0 aromatic rings. The number of rotatable bonds is 3. The van der Waals surface area contributed by atoms with E-state index in [1.54, 1.807) is 32.5 Å². The van der Waals surface area contributed by atoms with Crippen molar-refractivity contribution in [1.82, 2.24) is 5.32 Å². The Morgan fingerprint density at radius 1 is 1.44 bits per heavy atom. The summed E-state index contributed by atoms with van der Waals surface area (Å²) in [7, 11) is 0. The molecule has 0 spiro atoms. The molecular weight excluding hydrogens is 254 g/mol. The van der Waals surface area contributed by atoms with Crippen molar-refractivity contribution in [3.8, 4) is 0 Å². The van der Waals surface area contributed by atoms with Crippen LogP contribution in [0.5, 0.6) is 0 Å². The summed E-state index contributed by atoms with van der Waals surface area (Å²) < 4.78 is 5.12. The number of carbonyl (C=O) groups is 2. The van der Waals surface area contributed by atoms with Crippen LogP contribution in [0.15, 0.2) is 0 Å². The Kier molecular flexibility index (Phi) is 5.31. The van der Waals surface area contributed by atoms with E-state index in [0.717, 1.165) is 12.2 Å². The van der Waals surface area contributed by atoms with Crippen molar-refractivity contribution in [2.75, 3.05) is 18.1 Å². The van der Waals surface area contributed by atoms with Gasteiger partial charge in [-0.3, -0.25) is 4.79 Å². The van der Waals surface area contributed by atoms with Gasteiger partial charge in [0.15, 0.2) is 0 Å². The van der Waals surface area contributed by atoms with Crippen LogP contribution in [0.3, 0.4) is 0 Å². The molecule has 1 saturated heterocycles. The van der Waals surface area contributed by atoms with Gasteiger partial charge in [-0.2, -0.15) is 11.8 Å². The van der Waals surface area contributed by atoms with Crippen LogP contribution < -0.4 is 5.32 Å². The molecule has 0 aromatic carbocycles. The van der Waals surface area contributed by atoms with Gasteiger partial charge >= 0.3 is 12.1 Å². The zero-order chi connectivity index (χ0) is 13.8. The standard InChI is InChI=1S/C12H21NO4S/c1-12(2,3)17-11(16)13-6-8-4-5-18-7-9(8)10(14)15/h8-9H,4-7H2,1-3H3,(H,13,16)(H,14,15). The second-order valence-corrected chi connectivity index (χ2v) is 6.60. The highest BCUT2D eigenvalue weighted by molar-refractivity contribution is 7.99. The molecular formula is C12H21NO4S. The summed E-state index contributed by atoms with van der Waals surface area (Å²) in [6, 6.07) is 0. The average Bonchev–Trinajstić information content (AvgIpc) is 2.24. The Bertz CT molecular complexity index is 314. The van der Waals surface area contributed by atoms with Crippen molar-refractivity contribution in [3.63, 3.8) is 0 Å². The average molecular weight is 275 g/mol. The minimum absolute atomic E-state index is 0.00346. The number of carboxylic acid groups (broad SMARTS) is 1. The van der Waals surface area contributed by atoms with E-state index in [9.17, 15) is 9.59 Å². The van der Waals surface area contributed by atoms with Gasteiger partial charge in [0.1, 0.15) is 5.60 Å². The first-order chi connectivity index (χ1) is 8.29. The van der Waals surface area contributed by atoms with Crippen LogP contribution in [0.4, 0.5) is 4.79 Å². The van der Waals surface area contributed by atoms with Crippen LogP contribution in [0.1, 0.15) is 27.2 Å². The number of carbonyl (C=O) groups excluding carboxylic acids is 1. The predicted octanol–water partition coefficient (Wildman–Crippen LogP) is 1.97. The number of alkyl carbamates (subject to hydrolysis) is 1. The van der Waals surface area contributed by atoms with E-state index < -0.39 is 17.7 Å². The summed E-state index contributed by atoms with van der Waals surface area (Å²) in [4.78, 5) is 22.6. The Balaban J connectivity index is 2.41. The molecule has 0 radical (unpaired) electrons. The van der Waals surface area contributed by atoms with Crippen molar-refractivity contribution < 1.29 is 19.4 Å². The molecule has 18 heavy (non-hydrogen) atoms. The molecule has 0 aromatic heterocycles. The zero-order valence-corrected chi connectivity index (χ0v) is 11.9. The number of amides is 1. The second-order valence-electron chi connectivity index (χ2n) is 5.45. The van der Waals surface area contributed by atoms with Gasteiger partial charge in [0, 0.05) is 12.3 Å². The van der Waals surface area contributed by atoms with Crippen molar-refractivity contribution in [3.05, 3.63) is 0 Å². The molecule has 1 aliphatic rings. The fraction of sp³-hybridized carbons (Fsp3) is 0.833. The van der Waals surface area contributed by atoms with E-state index in [1.807, 2.05) is 0 Å². The van der Waals surface area contributed by atoms with Crippen molar-refractivity contribution in [2.45, 2.75) is 32.8 Å². The molecule has 2 unspecified atom stereocenters. The first-order valence-corrected chi connectivity index (χ1v) is 7.22. The summed E-state index contributed by atoms with van der Waals surface area (Å²) in [5.74, 6) is 0.411. The molecule has 1 rings (SSSR count). The van der Waals surface area contributed by atoms with Crippen molar-refractivity contribution in [1.29, 1.82) is 0 Å². The highest BCUT2D eigenvalue weighted by Crippen LogP contribution is 2.28. The van der Waals surface area contributed by atoms with Gasteiger partial charge in [0.25, 0.3) is 0 Å². The molecule has 0 aliphatic carbocycles. The second kappa shape index (κ2) is 6.31. The lowest BCUT2D eigenvalue weighted by molar-refractivity contribution is -0.142. The van der Waals surface area contributed by atoms with Crippen LogP contribution in [0.25, 0.3) is 0 Å². The van der Waals surface area contributed by atoms with Crippen LogP contribution in [-0.2, 0) is 9.53 Å². The third-order valence-electron chi connectivity index (χ3n) is 2.72. The third-order valence-corrected chi connectivity index (χ3v) is 3.84. The summed E-state index contributed by atoms with van der Waals surface area (Å²) in [5, 5.41) is 11.8. The van der Waals surface area contributed by atoms with Crippen LogP contribution in [0, 0.1) is 11.8 Å². The van der Waals surface area contributed by atoms with Gasteiger partial charge in [0.2, 0.25) is 0 Å². The quantitative estimate of drug-likeness (QED) is 0.823. The number of thioether (sulfide) groups is 1. The largest absolute Gasteiger partial charge is 0.481 e. The van der Waals surface area contributed by atoms with Gasteiger partial charge in [0.05, 0.1) is 5.92 Å². The number of ether oxygens (including phenoxy) is 1. The number of hydrogen-bond donors (Lipinski definition) is 2. The van der Waals surface area contributed by atoms with E-state index in [-0.39, 0.29) is 11.8 Å². The Morgan fingerprint density at radius 2 is 2.11 bits per heavy atom. The van der Waals surface area contributed by atoms with E-state index in [1.165, 1.54) is 0 Å². The van der Waals surface area contributed by atoms with E-state index in [4.69, 9.17) is 9.84 Å². The number of aliphatic carboxylic acids is 1. The SMILES string of the molecule is CC(C)(C)OC(=O)NCC1CCSCC1C(=O)O. The van der Waals surface area contributed by atoms with Gasteiger partial charge in [-0.15, -0.1) is 0 Å². The molecule has 2 N–H and O–H groups in total. The van der Waals surface area contributed by atoms with Crippen LogP contribution >= 0.6 is 11.8 Å². The van der Waals surface area contributed by atoms with Crippen LogP contribution in [0.2, 0.25) is 0 Å². The molecule has 104 valence electrons. The lowest BCUT2D eigenvalue weighted by Gasteiger charge is -2.28. The van der Waals surface area contributed by atoms with Crippen molar-refractivity contribution >= 4 is 23.8 Å². The van der Waals surface area contributed by atoms with E-state index >= 15 is 0 Å². The van der Waals surface area contributed by atoms with E-state index in [0.29, 0.717) is 12.3 Å². The summed E-state index contributed by atoms with van der Waals surface area (Å²) >= 11 is 1.65. The maximum Gasteiger partial charge on any atom is 0.407 e. The normalized spacial score (nSPS) is 24.4. The summed E-state index contributed by atoms with van der Waals surface area (Å²) in [6.45, 7) is 5.75. The highest BCUT2D eigenvalue weighted by atomic mass is 32.2. The van der Waals surface area contributed by atoms with Gasteiger partial charge in [-0.05, 0) is 38.9 Å². The Hall–Kier alpha value is -0.910. The summed E-state index contributed by atoms with van der Waals surface area (Å²) in [5.41, 5.74) is -0.529. The van der Waals surface area contributed by atoms with Gasteiger partial charge in [-0.1, -0.05) is 0 Å². The fourth-order valence-corrected chi connectivity index (χ4v) is 3.13. The lowest BCUT2D eigenvalue weighted by atomic mass is 9.91. The number of nitrogens with one attached hydrogen (secondary N) is 1. The Morgan fingerprint density at radius 3 is 2.67 bits per heavy atom. The molecule has 2 atom stereocenters. The Labute approximate surface area is 112 Å². The summed E-state index contributed by atoms with van der Waals surface area (Å²) in [6.07, 6.45) is 0.335. The number of carboxylic acids is 1. The molecule has 1 aliphatic heterocycles. The molecule has 1 heterocycles. The zero-order valence-electron chi connectivity index (χ0n) is 11.1. The first-order valence-electron chi connectivity index (χ1n) is 6.07. The first kappa shape index (κ1) is 15.1. The third kappa shape index (κ3) is 5.16. The molecule has 6 heteroatoms. The maximum absolute atomic E-state index is 11.5. The maximum atomic E-state index is 11.5. The lowest BCUT2D eigenvalue weighted by Crippen LogP contribution is -2.40. The smallest absolute Gasteiger partial charge is 0.407 e. The molecule has 0 saturated carbocycles. The topological polar surface area (TPSA) is 75.6 Å². The highest BCUT2D eigenvalue weighted by Gasteiger charge is 2.31. The molecule has 1 fully saturated rings. The van der Waals surface area contributed by atoms with E-state index in [2.05, 4.69) is 5.32 Å².